The molecule has 148 valence electrons. The van der Waals surface area contributed by atoms with E-state index in [1.807, 2.05) is 67.6 Å². The van der Waals surface area contributed by atoms with Gasteiger partial charge in [0.15, 0.2) is 0 Å². The molecule has 0 radical (unpaired) electrons. The van der Waals surface area contributed by atoms with Gasteiger partial charge in [-0.3, -0.25) is 9.36 Å². The van der Waals surface area contributed by atoms with Crippen LogP contribution in [0.1, 0.15) is 34.3 Å². The second-order valence-electron chi connectivity index (χ2n) is 7.12. The van der Waals surface area contributed by atoms with Gasteiger partial charge >= 0.3 is 6.09 Å². The van der Waals surface area contributed by atoms with Crippen LogP contribution in [0.2, 0.25) is 0 Å². The summed E-state index contributed by atoms with van der Waals surface area (Å²) >= 11 is 0. The highest BCUT2D eigenvalue weighted by Crippen LogP contribution is 2.27. The van der Waals surface area contributed by atoms with E-state index in [-0.39, 0.29) is 18.1 Å². The van der Waals surface area contributed by atoms with Crippen molar-refractivity contribution in [3.8, 4) is 0 Å². The number of nitrogens with zero attached hydrogens (tertiary/aromatic N) is 3. The van der Waals surface area contributed by atoms with E-state index in [0.29, 0.717) is 24.4 Å². The van der Waals surface area contributed by atoms with E-state index < -0.39 is 6.09 Å². The van der Waals surface area contributed by atoms with Gasteiger partial charge in [-0.05, 0) is 18.1 Å². The van der Waals surface area contributed by atoms with Crippen molar-refractivity contribution in [2.45, 2.75) is 25.9 Å². The number of aryl methyl sites for hydroxylation is 1. The fourth-order valence-electron chi connectivity index (χ4n) is 3.96. The lowest BCUT2D eigenvalue weighted by Gasteiger charge is -2.29. The summed E-state index contributed by atoms with van der Waals surface area (Å²) in [6.45, 7) is 2.58. The number of ether oxygens (including phenoxy) is 1. The highest BCUT2D eigenvalue weighted by molar-refractivity contribution is 5.67. The van der Waals surface area contributed by atoms with Crippen LogP contribution in [0.3, 0.4) is 0 Å². The molecule has 1 aliphatic heterocycles. The maximum Gasteiger partial charge on any atom is 0.409 e. The van der Waals surface area contributed by atoms with Gasteiger partial charge in [0.25, 0.3) is 5.56 Å². The van der Waals surface area contributed by atoms with Crippen LogP contribution < -0.4 is 5.56 Å². The largest absolute Gasteiger partial charge is 0.453 e. The molecule has 29 heavy (non-hydrogen) atoms. The van der Waals surface area contributed by atoms with Crippen molar-refractivity contribution in [2.75, 3.05) is 13.7 Å². The van der Waals surface area contributed by atoms with Crippen LogP contribution in [0.4, 0.5) is 4.79 Å². The van der Waals surface area contributed by atoms with E-state index in [1.165, 1.54) is 7.11 Å². The Labute approximate surface area is 169 Å². The number of fused-ring (bicyclic) bond motifs is 1. The molecule has 1 aromatic heterocycles. The Morgan fingerprint density at radius 1 is 1.03 bits per heavy atom. The van der Waals surface area contributed by atoms with Crippen molar-refractivity contribution in [3.63, 3.8) is 0 Å². The first-order valence-corrected chi connectivity index (χ1v) is 9.64. The molecule has 0 saturated carbocycles. The first-order valence-electron chi connectivity index (χ1n) is 9.64. The van der Waals surface area contributed by atoms with Crippen LogP contribution in [0.15, 0.2) is 65.5 Å². The number of carbonyl (C=O) groups is 1. The molecule has 0 atom stereocenters. The zero-order valence-electron chi connectivity index (χ0n) is 16.5. The minimum Gasteiger partial charge on any atom is -0.453 e. The standard InChI is InChI=1S/C23H23N3O3/c1-16-24-20-13-14-25(23(28)29-2)15-19(20)22(27)26(16)21(17-9-5-3-6-10-17)18-11-7-4-8-12-18/h3-12,21H,13-15H2,1-2H3. The molecule has 6 nitrogen and oxygen atoms in total. The average Bonchev–Trinajstić information content (AvgIpc) is 2.77. The topological polar surface area (TPSA) is 64.4 Å². The Balaban J connectivity index is 1.89. The predicted octanol–water partition coefficient (Wildman–Crippen LogP) is 3.31. The van der Waals surface area contributed by atoms with Gasteiger partial charge in [-0.2, -0.15) is 0 Å². The van der Waals surface area contributed by atoms with E-state index in [4.69, 9.17) is 9.72 Å². The molecule has 0 spiro atoms. The Kier molecular flexibility index (Phi) is 5.16. The van der Waals surface area contributed by atoms with Crippen molar-refractivity contribution in [1.29, 1.82) is 0 Å². The molecule has 6 heteroatoms. The molecule has 1 aliphatic rings. The number of amides is 1. The third-order valence-electron chi connectivity index (χ3n) is 5.36. The number of methoxy groups -OCH3 is 1. The SMILES string of the molecule is COC(=O)N1CCc2nc(C)n(C(c3ccccc3)c3ccccc3)c(=O)c2C1. The van der Waals surface area contributed by atoms with Gasteiger partial charge in [0, 0.05) is 13.0 Å². The normalized spacial score (nSPS) is 13.3. The van der Waals surface area contributed by atoms with Gasteiger partial charge in [0.05, 0.1) is 31.0 Å². The van der Waals surface area contributed by atoms with Crippen LogP contribution in [0, 0.1) is 6.92 Å². The fourth-order valence-corrected chi connectivity index (χ4v) is 3.96. The number of hydrogen-bond acceptors (Lipinski definition) is 4. The molecule has 0 aliphatic carbocycles. The number of hydrogen-bond donors (Lipinski definition) is 0. The Hall–Kier alpha value is -3.41. The Morgan fingerprint density at radius 3 is 2.17 bits per heavy atom. The smallest absolute Gasteiger partial charge is 0.409 e. The van der Waals surface area contributed by atoms with E-state index in [1.54, 1.807) is 9.47 Å². The van der Waals surface area contributed by atoms with Crippen LogP contribution in [-0.4, -0.2) is 34.2 Å². The number of benzene rings is 2. The summed E-state index contributed by atoms with van der Waals surface area (Å²) in [5.41, 5.74) is 3.23. The van der Waals surface area contributed by atoms with Gasteiger partial charge < -0.3 is 9.64 Å². The highest BCUT2D eigenvalue weighted by Gasteiger charge is 2.28. The number of aromatic nitrogens is 2. The average molecular weight is 389 g/mol. The van der Waals surface area contributed by atoms with E-state index >= 15 is 0 Å². The lowest BCUT2D eigenvalue weighted by Crippen LogP contribution is -2.42. The van der Waals surface area contributed by atoms with Crippen LogP contribution in [-0.2, 0) is 17.7 Å². The predicted molar refractivity (Wildman–Crippen MR) is 110 cm³/mol. The maximum atomic E-state index is 13.6. The second kappa shape index (κ2) is 7.91. The quantitative estimate of drug-likeness (QED) is 0.689. The number of carbonyl (C=O) groups excluding carboxylic acids is 1. The van der Waals surface area contributed by atoms with Gasteiger partial charge in [-0.1, -0.05) is 60.7 Å². The molecule has 0 N–H and O–H groups in total. The summed E-state index contributed by atoms with van der Waals surface area (Å²) in [6.07, 6.45) is 0.118. The molecule has 4 rings (SSSR count). The lowest BCUT2D eigenvalue weighted by molar-refractivity contribution is 0.118. The highest BCUT2D eigenvalue weighted by atomic mass is 16.5. The minimum atomic E-state index is -0.426. The molecular weight excluding hydrogens is 366 g/mol. The third kappa shape index (κ3) is 3.53. The fraction of sp³-hybridized carbons (Fsp3) is 0.261. The lowest BCUT2D eigenvalue weighted by atomic mass is 9.97. The van der Waals surface area contributed by atoms with E-state index in [2.05, 4.69) is 0 Å². The van der Waals surface area contributed by atoms with Crippen LogP contribution in [0.25, 0.3) is 0 Å². The first-order chi connectivity index (χ1) is 14.1. The summed E-state index contributed by atoms with van der Waals surface area (Å²) in [4.78, 5) is 31.9. The molecule has 0 saturated heterocycles. The van der Waals surface area contributed by atoms with E-state index in [0.717, 1.165) is 16.8 Å². The van der Waals surface area contributed by atoms with Crippen molar-refractivity contribution in [3.05, 3.63) is 99.2 Å². The van der Waals surface area contributed by atoms with Crippen molar-refractivity contribution >= 4 is 6.09 Å². The summed E-state index contributed by atoms with van der Waals surface area (Å²) < 4.78 is 6.58. The monoisotopic (exact) mass is 389 g/mol. The van der Waals surface area contributed by atoms with Crippen LogP contribution in [0.5, 0.6) is 0 Å². The van der Waals surface area contributed by atoms with Gasteiger partial charge in [-0.25, -0.2) is 9.78 Å². The minimum absolute atomic E-state index is 0.112. The first kappa shape index (κ1) is 18.9. The van der Waals surface area contributed by atoms with Crippen molar-refractivity contribution in [1.82, 2.24) is 14.5 Å². The zero-order valence-corrected chi connectivity index (χ0v) is 16.5. The molecule has 2 aromatic carbocycles. The van der Waals surface area contributed by atoms with Gasteiger partial charge in [0.2, 0.25) is 0 Å². The van der Waals surface area contributed by atoms with Crippen molar-refractivity contribution < 1.29 is 9.53 Å². The second-order valence-corrected chi connectivity index (χ2v) is 7.12. The molecule has 3 aromatic rings. The summed E-state index contributed by atoms with van der Waals surface area (Å²) in [5.74, 6) is 0.665. The molecule has 0 unspecified atom stereocenters. The van der Waals surface area contributed by atoms with Gasteiger partial charge in [0.1, 0.15) is 5.82 Å². The molecular formula is C23H23N3O3. The summed E-state index contributed by atoms with van der Waals surface area (Å²) in [7, 11) is 1.35. The molecule has 0 bridgehead atoms. The third-order valence-corrected chi connectivity index (χ3v) is 5.36. The van der Waals surface area contributed by atoms with Crippen LogP contribution >= 0.6 is 0 Å². The zero-order chi connectivity index (χ0) is 20.4. The summed E-state index contributed by atoms with van der Waals surface area (Å²) in [5, 5.41) is 0. The number of rotatable bonds is 3. The van der Waals surface area contributed by atoms with E-state index in [9.17, 15) is 9.59 Å². The molecule has 0 fully saturated rings. The molecule has 1 amide bonds. The van der Waals surface area contributed by atoms with Crippen molar-refractivity contribution in [2.24, 2.45) is 0 Å². The maximum absolute atomic E-state index is 13.6. The van der Waals surface area contributed by atoms with Gasteiger partial charge in [-0.15, -0.1) is 0 Å². The summed E-state index contributed by atoms with van der Waals surface area (Å²) in [6, 6.07) is 19.6. The molecule has 2 heterocycles. The Bertz CT molecular complexity index is 1040. The Morgan fingerprint density at radius 2 is 1.62 bits per heavy atom.